The van der Waals surface area contributed by atoms with Crippen LogP contribution in [-0.4, -0.2) is 17.1 Å². The fourth-order valence-corrected chi connectivity index (χ4v) is 2.32. The van der Waals surface area contributed by atoms with Gasteiger partial charge in [-0.05, 0) is 23.2 Å². The number of ether oxygens (including phenoxy) is 2. The summed E-state index contributed by atoms with van der Waals surface area (Å²) in [6.07, 6.45) is 0. The molecule has 0 saturated heterocycles. The smallest absolute Gasteiger partial charge is 0.224 e. The second-order valence-corrected chi connectivity index (χ2v) is 5.01. The maximum absolute atomic E-state index is 5.89. The predicted octanol–water partition coefficient (Wildman–Crippen LogP) is 3.45. The van der Waals surface area contributed by atoms with E-state index in [0.29, 0.717) is 34.8 Å². The Labute approximate surface area is 132 Å². The second kappa shape index (κ2) is 6.07. The standard InChI is InChI=1S/C16H14ClN3O2/c1-21-13-8-12-11(15(18)20-16(17)19-12)7-14(13)22-9-10-5-3-2-4-6-10/h2-8H,9H2,1H3,(H2,18,19,20). The maximum atomic E-state index is 5.89. The van der Waals surface area contributed by atoms with E-state index in [9.17, 15) is 0 Å². The highest BCUT2D eigenvalue weighted by Gasteiger charge is 2.12. The van der Waals surface area contributed by atoms with Crippen molar-refractivity contribution in [3.8, 4) is 11.5 Å². The quantitative estimate of drug-likeness (QED) is 0.747. The summed E-state index contributed by atoms with van der Waals surface area (Å²) in [5.74, 6) is 1.45. The Bertz CT molecular complexity index is 809. The minimum Gasteiger partial charge on any atom is -0.493 e. The van der Waals surface area contributed by atoms with Gasteiger partial charge in [-0.2, -0.15) is 0 Å². The molecule has 6 heteroatoms. The normalized spacial score (nSPS) is 10.6. The van der Waals surface area contributed by atoms with Gasteiger partial charge in [0.2, 0.25) is 5.28 Å². The zero-order valence-electron chi connectivity index (χ0n) is 11.9. The van der Waals surface area contributed by atoms with Crippen molar-refractivity contribution in [3.63, 3.8) is 0 Å². The van der Waals surface area contributed by atoms with Crippen LogP contribution in [0.25, 0.3) is 10.9 Å². The van der Waals surface area contributed by atoms with Crippen LogP contribution >= 0.6 is 11.6 Å². The molecule has 0 fully saturated rings. The average Bonchev–Trinajstić information content (AvgIpc) is 2.53. The molecule has 1 aromatic heterocycles. The third kappa shape index (κ3) is 2.89. The minimum absolute atomic E-state index is 0.102. The number of halogens is 1. The molecule has 112 valence electrons. The third-order valence-corrected chi connectivity index (χ3v) is 3.39. The van der Waals surface area contributed by atoms with Crippen LogP contribution in [0, 0.1) is 0 Å². The number of methoxy groups -OCH3 is 1. The fourth-order valence-electron chi connectivity index (χ4n) is 2.14. The van der Waals surface area contributed by atoms with Gasteiger partial charge in [-0.1, -0.05) is 30.3 Å². The molecular weight excluding hydrogens is 302 g/mol. The van der Waals surface area contributed by atoms with Crippen molar-refractivity contribution in [2.75, 3.05) is 12.8 Å². The van der Waals surface area contributed by atoms with E-state index in [1.807, 2.05) is 30.3 Å². The molecule has 3 rings (SSSR count). The van der Waals surface area contributed by atoms with Crippen LogP contribution in [0.4, 0.5) is 5.82 Å². The van der Waals surface area contributed by atoms with Gasteiger partial charge in [-0.15, -0.1) is 0 Å². The van der Waals surface area contributed by atoms with Crippen LogP contribution in [0.15, 0.2) is 42.5 Å². The minimum atomic E-state index is 0.102. The Kier molecular flexibility index (Phi) is 3.98. The van der Waals surface area contributed by atoms with Gasteiger partial charge >= 0.3 is 0 Å². The van der Waals surface area contributed by atoms with Gasteiger partial charge < -0.3 is 15.2 Å². The number of nitrogens with two attached hydrogens (primary N) is 1. The van der Waals surface area contributed by atoms with Gasteiger partial charge in [0.15, 0.2) is 11.5 Å². The molecule has 0 aliphatic carbocycles. The van der Waals surface area contributed by atoms with Crippen LogP contribution in [0.3, 0.4) is 0 Å². The molecule has 22 heavy (non-hydrogen) atoms. The van der Waals surface area contributed by atoms with Gasteiger partial charge in [0, 0.05) is 11.5 Å². The van der Waals surface area contributed by atoms with Crippen molar-refractivity contribution in [1.82, 2.24) is 9.97 Å². The van der Waals surface area contributed by atoms with Crippen molar-refractivity contribution in [2.45, 2.75) is 6.61 Å². The molecule has 0 aliphatic rings. The molecule has 2 N–H and O–H groups in total. The topological polar surface area (TPSA) is 70.3 Å². The van der Waals surface area contributed by atoms with E-state index in [2.05, 4.69) is 9.97 Å². The lowest BCUT2D eigenvalue weighted by molar-refractivity contribution is 0.285. The van der Waals surface area contributed by atoms with Crippen molar-refractivity contribution in [3.05, 3.63) is 53.3 Å². The van der Waals surface area contributed by atoms with Crippen LogP contribution in [0.2, 0.25) is 5.28 Å². The molecule has 0 aliphatic heterocycles. The number of nitrogens with zero attached hydrogens (tertiary/aromatic N) is 2. The number of aromatic nitrogens is 2. The Balaban J connectivity index is 1.97. The van der Waals surface area contributed by atoms with Gasteiger partial charge in [0.05, 0.1) is 12.6 Å². The third-order valence-electron chi connectivity index (χ3n) is 3.22. The molecule has 1 heterocycles. The van der Waals surface area contributed by atoms with Crippen molar-refractivity contribution in [2.24, 2.45) is 0 Å². The Hall–Kier alpha value is -2.53. The lowest BCUT2D eigenvalue weighted by Gasteiger charge is -2.12. The summed E-state index contributed by atoms with van der Waals surface area (Å²) < 4.78 is 11.2. The number of hydrogen-bond donors (Lipinski definition) is 1. The first kappa shape index (κ1) is 14.4. The monoisotopic (exact) mass is 315 g/mol. The molecule has 0 amide bonds. The van der Waals surface area contributed by atoms with E-state index in [1.165, 1.54) is 0 Å². The number of anilines is 1. The van der Waals surface area contributed by atoms with E-state index in [1.54, 1.807) is 19.2 Å². The van der Waals surface area contributed by atoms with E-state index in [0.717, 1.165) is 5.56 Å². The predicted molar refractivity (Wildman–Crippen MR) is 86.3 cm³/mol. The zero-order valence-corrected chi connectivity index (χ0v) is 12.7. The van der Waals surface area contributed by atoms with Crippen LogP contribution in [0.1, 0.15) is 5.56 Å². The van der Waals surface area contributed by atoms with E-state index in [4.69, 9.17) is 26.8 Å². The maximum Gasteiger partial charge on any atom is 0.224 e. The number of benzene rings is 2. The van der Waals surface area contributed by atoms with E-state index < -0.39 is 0 Å². The average molecular weight is 316 g/mol. The molecule has 0 unspecified atom stereocenters. The second-order valence-electron chi connectivity index (χ2n) is 4.67. The zero-order chi connectivity index (χ0) is 15.5. The van der Waals surface area contributed by atoms with E-state index in [-0.39, 0.29) is 5.28 Å². The Morgan fingerprint density at radius 3 is 2.59 bits per heavy atom. The van der Waals surface area contributed by atoms with Gasteiger partial charge in [-0.3, -0.25) is 0 Å². The molecular formula is C16H14ClN3O2. The largest absolute Gasteiger partial charge is 0.493 e. The van der Waals surface area contributed by atoms with Gasteiger partial charge in [-0.25, -0.2) is 9.97 Å². The lowest BCUT2D eigenvalue weighted by atomic mass is 10.2. The SMILES string of the molecule is COc1cc2nc(Cl)nc(N)c2cc1OCc1ccccc1. The van der Waals surface area contributed by atoms with Crippen molar-refractivity contribution >= 4 is 28.3 Å². The molecule has 0 saturated carbocycles. The molecule has 3 aromatic rings. The summed E-state index contributed by atoms with van der Waals surface area (Å²) in [4.78, 5) is 8.10. The Morgan fingerprint density at radius 1 is 1.09 bits per heavy atom. The number of hydrogen-bond acceptors (Lipinski definition) is 5. The highest BCUT2D eigenvalue weighted by Crippen LogP contribution is 2.34. The summed E-state index contributed by atoms with van der Waals surface area (Å²) in [7, 11) is 1.57. The number of nitrogen functional groups attached to an aromatic ring is 1. The number of rotatable bonds is 4. The van der Waals surface area contributed by atoms with Crippen LogP contribution < -0.4 is 15.2 Å². The summed E-state index contributed by atoms with van der Waals surface area (Å²) in [6, 6.07) is 13.4. The fraction of sp³-hybridized carbons (Fsp3) is 0.125. The van der Waals surface area contributed by atoms with Crippen LogP contribution in [0.5, 0.6) is 11.5 Å². The van der Waals surface area contributed by atoms with Gasteiger partial charge in [0.1, 0.15) is 12.4 Å². The first-order chi connectivity index (χ1) is 10.7. The molecule has 5 nitrogen and oxygen atoms in total. The first-order valence-electron chi connectivity index (χ1n) is 6.65. The van der Waals surface area contributed by atoms with Gasteiger partial charge in [0.25, 0.3) is 0 Å². The molecule has 2 aromatic carbocycles. The van der Waals surface area contributed by atoms with Crippen molar-refractivity contribution < 1.29 is 9.47 Å². The highest BCUT2D eigenvalue weighted by molar-refractivity contribution is 6.28. The molecule has 0 spiro atoms. The van der Waals surface area contributed by atoms with Crippen LogP contribution in [-0.2, 0) is 6.61 Å². The summed E-state index contributed by atoms with van der Waals surface area (Å²) in [5.41, 5.74) is 7.57. The highest BCUT2D eigenvalue weighted by atomic mass is 35.5. The lowest BCUT2D eigenvalue weighted by Crippen LogP contribution is -2.00. The summed E-state index contributed by atoms with van der Waals surface area (Å²) in [5, 5.41) is 0.776. The Morgan fingerprint density at radius 2 is 1.86 bits per heavy atom. The van der Waals surface area contributed by atoms with Crippen molar-refractivity contribution in [1.29, 1.82) is 0 Å². The first-order valence-corrected chi connectivity index (χ1v) is 7.02. The number of fused-ring (bicyclic) bond motifs is 1. The molecule has 0 bridgehead atoms. The summed E-state index contributed by atoms with van der Waals surface area (Å²) in [6.45, 7) is 0.428. The molecule has 0 radical (unpaired) electrons. The van der Waals surface area contributed by atoms with E-state index >= 15 is 0 Å². The summed E-state index contributed by atoms with van der Waals surface area (Å²) >= 11 is 5.83. The molecule has 0 atom stereocenters.